The fraction of sp³-hybridized carbons (Fsp3) is 0.227. The average Bonchev–Trinajstić information content (AvgIpc) is 3.32. The van der Waals surface area contributed by atoms with Gasteiger partial charge in [0.25, 0.3) is 0 Å². The standard InChI is InChI=1S/C13H9.C5H5.C4H10Si.2ClH.Zr/c1-3-7-12-10(5-1)9-11-6-2-4-8-13(11)12;1-2-4-5-3-1;1-3-5-4-2;;;/h1-9H;1-3H,4H2;3-4H2,1-2H3;2*1H;/q2*-1;;;;+2/p-2. The molecule has 0 heterocycles. The first kappa shape index (κ1) is 25.5. The molecule has 0 aromatic heterocycles. The van der Waals surface area contributed by atoms with Crippen LogP contribution in [-0.4, -0.2) is 5.43 Å². The van der Waals surface area contributed by atoms with Crippen molar-refractivity contribution in [1.29, 1.82) is 0 Å². The van der Waals surface area contributed by atoms with E-state index >= 15 is 0 Å². The minimum absolute atomic E-state index is 0. The molecule has 0 saturated carbocycles. The Balaban J connectivity index is 0.000000410. The largest absolute Gasteiger partial charge is 1.00 e. The van der Waals surface area contributed by atoms with Crippen molar-refractivity contribution < 1.29 is 48.1 Å². The molecule has 0 N–H and O–H groups in total. The zero-order chi connectivity index (χ0) is 17.2. The molecular weight excluding hydrogens is 454 g/mol. The maximum Gasteiger partial charge on any atom is -0.0771 e. The molecule has 0 amide bonds. The molecule has 4 heteroatoms. The number of allylic oxidation sites excluding steroid dienone is 4. The molecule has 0 aliphatic heterocycles. The van der Waals surface area contributed by atoms with Crippen LogP contribution >= 0.6 is 0 Å². The summed E-state index contributed by atoms with van der Waals surface area (Å²) in [6.07, 6.45) is 10.0. The van der Waals surface area contributed by atoms with Crippen molar-refractivity contribution >= 4 is 27.0 Å². The van der Waals surface area contributed by atoms with Crippen LogP contribution in [0.2, 0.25) is 12.1 Å². The molecule has 0 radical (unpaired) electrons. The molecule has 0 fully saturated rings. The third-order valence-corrected chi connectivity index (χ3v) is 10.9. The van der Waals surface area contributed by atoms with E-state index in [2.05, 4.69) is 80.6 Å². The van der Waals surface area contributed by atoms with Gasteiger partial charge >= 0.3 is 54.7 Å². The van der Waals surface area contributed by atoms with E-state index in [1.54, 1.807) is 23.3 Å². The predicted molar refractivity (Wildman–Crippen MR) is 105 cm³/mol. The van der Waals surface area contributed by atoms with Gasteiger partial charge in [-0.2, -0.15) is 6.08 Å². The topological polar surface area (TPSA) is 0 Å². The number of benzene rings is 2. The first-order valence-electron chi connectivity index (χ1n) is 8.57. The molecule has 1 aliphatic rings. The van der Waals surface area contributed by atoms with E-state index in [-0.39, 0.29) is 30.2 Å². The van der Waals surface area contributed by atoms with Crippen molar-refractivity contribution in [3.05, 3.63) is 78.9 Å². The summed E-state index contributed by atoms with van der Waals surface area (Å²) in [5.74, 6) is 0. The Kier molecular flexibility index (Phi) is 14.2. The molecule has 3 aromatic carbocycles. The molecular formula is C22H24Cl2SiZr-2. The Bertz CT molecular complexity index is 783. The van der Waals surface area contributed by atoms with E-state index in [0.717, 1.165) is 6.42 Å². The number of fused-ring (bicyclic) bond motifs is 3. The molecule has 0 saturated heterocycles. The van der Waals surface area contributed by atoms with Gasteiger partial charge in [-0.3, -0.25) is 6.08 Å². The Hall–Kier alpha value is -0.530. The SMILES string of the molecule is CC[Si](=[Zr+2])CC.[C-]1=CC=CC1.[Cl-].[Cl-].c1ccc2c(c1)[cH-]c1ccccc12. The Morgan fingerprint density at radius 2 is 1.42 bits per heavy atom. The summed E-state index contributed by atoms with van der Waals surface area (Å²) >= 11 is 1.80. The third-order valence-electron chi connectivity index (χ3n) is 3.96. The van der Waals surface area contributed by atoms with Crippen LogP contribution < -0.4 is 24.8 Å². The summed E-state index contributed by atoms with van der Waals surface area (Å²) in [6.45, 7) is 4.60. The van der Waals surface area contributed by atoms with Gasteiger partial charge in [0, 0.05) is 0 Å². The second-order valence-electron chi connectivity index (χ2n) is 5.63. The zero-order valence-corrected chi connectivity index (χ0v) is 20.3. The maximum atomic E-state index is 2.99. The molecule has 0 spiro atoms. The summed E-state index contributed by atoms with van der Waals surface area (Å²) < 4.78 is 0. The number of halogens is 2. The Morgan fingerprint density at radius 1 is 0.923 bits per heavy atom. The average molecular weight is 479 g/mol. The predicted octanol–water partition coefficient (Wildman–Crippen LogP) is 0.590. The van der Waals surface area contributed by atoms with Crippen LogP contribution in [0.3, 0.4) is 0 Å². The molecule has 0 unspecified atom stereocenters. The molecule has 26 heavy (non-hydrogen) atoms. The van der Waals surface area contributed by atoms with Crippen molar-refractivity contribution in [2.45, 2.75) is 32.4 Å². The Labute approximate surface area is 185 Å². The fourth-order valence-corrected chi connectivity index (χ4v) is 2.99. The van der Waals surface area contributed by atoms with Crippen LogP contribution in [0.25, 0.3) is 21.5 Å². The first-order valence-corrected chi connectivity index (χ1v) is 14.2. The van der Waals surface area contributed by atoms with Crippen LogP contribution in [0.4, 0.5) is 0 Å². The second kappa shape index (κ2) is 14.5. The van der Waals surface area contributed by atoms with Crippen molar-refractivity contribution in [3.8, 4) is 0 Å². The summed E-state index contributed by atoms with van der Waals surface area (Å²) in [6, 6.07) is 22.2. The van der Waals surface area contributed by atoms with Gasteiger partial charge in [-0.25, -0.2) is 12.2 Å². The summed E-state index contributed by atoms with van der Waals surface area (Å²) in [4.78, 5) is 0. The molecule has 0 nitrogen and oxygen atoms in total. The zero-order valence-electron chi connectivity index (χ0n) is 15.3. The number of hydrogen-bond donors (Lipinski definition) is 0. The van der Waals surface area contributed by atoms with E-state index in [1.807, 2.05) is 12.2 Å². The Morgan fingerprint density at radius 3 is 1.73 bits per heavy atom. The van der Waals surface area contributed by atoms with E-state index in [0.29, 0.717) is 0 Å². The van der Waals surface area contributed by atoms with Gasteiger partial charge in [-0.1, -0.05) is 36.4 Å². The van der Waals surface area contributed by atoms with E-state index < -0.39 is 0 Å². The molecule has 136 valence electrons. The second-order valence-corrected chi connectivity index (χ2v) is 13.5. The maximum absolute atomic E-state index is 2.99. The third kappa shape index (κ3) is 8.01. The number of rotatable bonds is 2. The van der Waals surface area contributed by atoms with Gasteiger partial charge in [0.2, 0.25) is 0 Å². The molecule has 0 atom stereocenters. The van der Waals surface area contributed by atoms with Crippen LogP contribution in [0.1, 0.15) is 20.3 Å². The summed E-state index contributed by atoms with van der Waals surface area (Å²) in [5, 5.41) is 5.39. The van der Waals surface area contributed by atoms with Crippen molar-refractivity contribution in [2.75, 3.05) is 0 Å². The van der Waals surface area contributed by atoms with Crippen molar-refractivity contribution in [2.24, 2.45) is 0 Å². The van der Waals surface area contributed by atoms with E-state index in [1.165, 1.54) is 33.6 Å². The quantitative estimate of drug-likeness (QED) is 0.374. The van der Waals surface area contributed by atoms with Crippen molar-refractivity contribution in [3.63, 3.8) is 0 Å². The summed E-state index contributed by atoms with van der Waals surface area (Å²) in [7, 11) is 0. The van der Waals surface area contributed by atoms with Crippen molar-refractivity contribution in [1.82, 2.24) is 0 Å². The fourth-order valence-electron chi connectivity index (χ4n) is 2.49. The van der Waals surface area contributed by atoms with Gasteiger partial charge in [-0.05, 0) is 0 Å². The monoisotopic (exact) mass is 476 g/mol. The minimum atomic E-state index is 0. The van der Waals surface area contributed by atoms with Gasteiger partial charge in [0.15, 0.2) is 0 Å². The van der Waals surface area contributed by atoms with E-state index in [4.69, 9.17) is 0 Å². The van der Waals surface area contributed by atoms with Crippen LogP contribution in [0, 0.1) is 6.08 Å². The van der Waals surface area contributed by atoms with Gasteiger partial charge in [0.1, 0.15) is 0 Å². The number of hydrogen-bond acceptors (Lipinski definition) is 0. The molecule has 4 rings (SSSR count). The van der Waals surface area contributed by atoms with Gasteiger partial charge in [-0.15, -0.1) is 46.2 Å². The summed E-state index contributed by atoms with van der Waals surface area (Å²) in [5.41, 5.74) is 0.222. The van der Waals surface area contributed by atoms with Gasteiger partial charge < -0.3 is 24.8 Å². The smallest absolute Gasteiger partial charge is 0.0771 e. The van der Waals surface area contributed by atoms with Crippen LogP contribution in [0.15, 0.2) is 72.8 Å². The molecule has 1 aliphatic carbocycles. The van der Waals surface area contributed by atoms with Crippen LogP contribution in [0.5, 0.6) is 0 Å². The normalized spacial score (nSPS) is 10.9. The minimum Gasteiger partial charge on any atom is -1.00 e. The van der Waals surface area contributed by atoms with Crippen LogP contribution in [-0.2, 0) is 23.3 Å². The first-order chi connectivity index (χ1) is 11.8. The van der Waals surface area contributed by atoms with E-state index in [9.17, 15) is 0 Å². The molecule has 0 bridgehead atoms. The molecule has 3 aromatic rings. The van der Waals surface area contributed by atoms with Gasteiger partial charge in [0.05, 0.1) is 0 Å².